The van der Waals surface area contributed by atoms with E-state index >= 15 is 0 Å². The molecule has 1 amide bonds. The molecule has 4 heteroatoms. The van der Waals surface area contributed by atoms with Gasteiger partial charge in [0.2, 0.25) is 0 Å². The highest BCUT2D eigenvalue weighted by Crippen LogP contribution is 2.45. The zero-order valence-corrected chi connectivity index (χ0v) is 12.6. The molecule has 116 valence electrons. The molecule has 1 N–H and O–H groups in total. The van der Waals surface area contributed by atoms with Crippen LogP contribution in [0.15, 0.2) is 34.7 Å². The van der Waals surface area contributed by atoms with Crippen LogP contribution in [0.4, 0.5) is 0 Å². The van der Waals surface area contributed by atoms with Gasteiger partial charge in [-0.3, -0.25) is 4.79 Å². The number of aliphatic hydroxyl groups excluding tert-OH is 1. The van der Waals surface area contributed by atoms with Crippen molar-refractivity contribution in [3.63, 3.8) is 0 Å². The van der Waals surface area contributed by atoms with E-state index in [9.17, 15) is 9.90 Å². The number of likely N-dealkylation sites (tertiary alicyclic amines) is 1. The number of carbonyl (C=O) groups is 1. The van der Waals surface area contributed by atoms with Crippen LogP contribution in [-0.2, 0) is 0 Å². The highest BCUT2D eigenvalue weighted by atomic mass is 16.3. The van der Waals surface area contributed by atoms with Crippen molar-refractivity contribution in [2.24, 2.45) is 5.41 Å². The maximum absolute atomic E-state index is 12.8. The van der Waals surface area contributed by atoms with Gasteiger partial charge in [-0.05, 0) is 37.8 Å². The molecule has 4 nitrogen and oxygen atoms in total. The van der Waals surface area contributed by atoms with Crippen molar-refractivity contribution in [1.82, 2.24) is 4.90 Å². The Kier molecular flexibility index (Phi) is 3.22. The van der Waals surface area contributed by atoms with Crippen LogP contribution < -0.4 is 0 Å². The largest absolute Gasteiger partial charge is 0.451 e. The molecule has 4 rings (SSSR count). The summed E-state index contributed by atoms with van der Waals surface area (Å²) in [5, 5.41) is 11.3. The van der Waals surface area contributed by atoms with Crippen LogP contribution in [0.25, 0.3) is 11.0 Å². The highest BCUT2D eigenvalue weighted by Gasteiger charge is 2.45. The van der Waals surface area contributed by atoms with Gasteiger partial charge in [0.15, 0.2) is 5.76 Å². The maximum atomic E-state index is 12.8. The molecule has 2 atom stereocenters. The lowest BCUT2D eigenvalue weighted by molar-refractivity contribution is -0.00627. The molecule has 1 aromatic carbocycles. The third kappa shape index (κ3) is 2.13. The second kappa shape index (κ2) is 5.13. The number of aliphatic hydroxyl groups is 1. The van der Waals surface area contributed by atoms with Crippen LogP contribution in [-0.4, -0.2) is 35.1 Å². The van der Waals surface area contributed by atoms with Crippen molar-refractivity contribution in [3.05, 3.63) is 36.1 Å². The first-order chi connectivity index (χ1) is 10.7. The van der Waals surface area contributed by atoms with Crippen LogP contribution in [0.1, 0.15) is 42.7 Å². The van der Waals surface area contributed by atoms with Gasteiger partial charge < -0.3 is 14.4 Å². The number of benzene rings is 1. The van der Waals surface area contributed by atoms with Gasteiger partial charge in [-0.15, -0.1) is 0 Å². The molecule has 1 spiro atoms. The number of nitrogens with zero attached hydrogens (tertiary/aromatic N) is 1. The van der Waals surface area contributed by atoms with Gasteiger partial charge >= 0.3 is 0 Å². The standard InChI is InChI=1S/C18H21NO3/c20-16-7-3-8-18(16)9-4-10-19(12-18)17(21)15-11-13-5-1-2-6-14(13)22-15/h1-2,5-6,11,16,20H,3-4,7-10,12H2/t16-,18-/m1/s1. The molecule has 1 aliphatic heterocycles. The fourth-order valence-corrected chi connectivity index (χ4v) is 4.17. The zero-order chi connectivity index (χ0) is 15.2. The Morgan fingerprint density at radius 3 is 2.86 bits per heavy atom. The summed E-state index contributed by atoms with van der Waals surface area (Å²) >= 11 is 0. The molecule has 0 radical (unpaired) electrons. The average Bonchev–Trinajstić information content (AvgIpc) is 3.11. The SMILES string of the molecule is O=C(c1cc2ccccc2o1)N1CCC[C@]2(CCC[C@H]2O)C1. The number of furan rings is 1. The molecule has 22 heavy (non-hydrogen) atoms. The van der Waals surface area contributed by atoms with E-state index in [1.807, 2.05) is 35.2 Å². The van der Waals surface area contributed by atoms with E-state index in [-0.39, 0.29) is 17.4 Å². The molecule has 2 heterocycles. The number of para-hydroxylation sites is 1. The second-order valence-corrected chi connectivity index (χ2v) is 6.75. The Labute approximate surface area is 129 Å². The molecule has 0 unspecified atom stereocenters. The summed E-state index contributed by atoms with van der Waals surface area (Å²) in [5.74, 6) is 0.361. The van der Waals surface area contributed by atoms with Crippen LogP contribution in [0.5, 0.6) is 0 Å². The Bertz CT molecular complexity index is 674. The van der Waals surface area contributed by atoms with Crippen molar-refractivity contribution < 1.29 is 14.3 Å². The average molecular weight is 299 g/mol. The van der Waals surface area contributed by atoms with Crippen LogP contribution in [0.3, 0.4) is 0 Å². The predicted molar refractivity (Wildman–Crippen MR) is 83.6 cm³/mol. The summed E-state index contributed by atoms with van der Waals surface area (Å²) in [6.07, 6.45) is 4.68. The molecule has 2 aliphatic rings. The Balaban J connectivity index is 1.59. The van der Waals surface area contributed by atoms with Crippen molar-refractivity contribution in [1.29, 1.82) is 0 Å². The molecule has 1 saturated heterocycles. The first kappa shape index (κ1) is 13.8. The third-order valence-corrected chi connectivity index (χ3v) is 5.39. The lowest BCUT2D eigenvalue weighted by Gasteiger charge is -2.42. The summed E-state index contributed by atoms with van der Waals surface area (Å²) in [4.78, 5) is 14.6. The van der Waals surface area contributed by atoms with Crippen LogP contribution in [0, 0.1) is 5.41 Å². The number of piperidine rings is 1. The fraction of sp³-hybridized carbons (Fsp3) is 0.500. The zero-order valence-electron chi connectivity index (χ0n) is 12.6. The van der Waals surface area contributed by atoms with Gasteiger partial charge in [0.1, 0.15) is 5.58 Å². The summed E-state index contributed by atoms with van der Waals surface area (Å²) in [7, 11) is 0. The number of rotatable bonds is 1. The van der Waals surface area contributed by atoms with E-state index in [1.165, 1.54) is 0 Å². The Morgan fingerprint density at radius 2 is 2.09 bits per heavy atom. The number of hydrogen-bond acceptors (Lipinski definition) is 3. The van der Waals surface area contributed by atoms with E-state index in [0.29, 0.717) is 12.3 Å². The lowest BCUT2D eigenvalue weighted by Crippen LogP contribution is -2.49. The molecule has 1 aromatic heterocycles. The van der Waals surface area contributed by atoms with E-state index in [4.69, 9.17) is 4.42 Å². The number of amides is 1. The summed E-state index contributed by atoms with van der Waals surface area (Å²) in [5.41, 5.74) is 0.665. The summed E-state index contributed by atoms with van der Waals surface area (Å²) < 4.78 is 5.71. The minimum Gasteiger partial charge on any atom is -0.451 e. The lowest BCUT2D eigenvalue weighted by atomic mass is 9.76. The predicted octanol–water partition coefficient (Wildman–Crippen LogP) is 3.20. The quantitative estimate of drug-likeness (QED) is 0.879. The number of fused-ring (bicyclic) bond motifs is 1. The number of hydrogen-bond donors (Lipinski definition) is 1. The molecule has 2 fully saturated rings. The van der Waals surface area contributed by atoms with Gasteiger partial charge in [0, 0.05) is 23.9 Å². The van der Waals surface area contributed by atoms with Gasteiger partial charge in [-0.1, -0.05) is 24.6 Å². The summed E-state index contributed by atoms with van der Waals surface area (Å²) in [6.45, 7) is 1.41. The fourth-order valence-electron chi connectivity index (χ4n) is 4.17. The molecular weight excluding hydrogens is 278 g/mol. The minimum absolute atomic E-state index is 0.0469. The van der Waals surface area contributed by atoms with Gasteiger partial charge in [-0.25, -0.2) is 0 Å². The normalized spacial score (nSPS) is 28.6. The Morgan fingerprint density at radius 1 is 1.27 bits per heavy atom. The van der Waals surface area contributed by atoms with E-state index in [2.05, 4.69) is 0 Å². The topological polar surface area (TPSA) is 53.7 Å². The number of carbonyl (C=O) groups excluding carboxylic acids is 1. The minimum atomic E-state index is -0.265. The van der Waals surface area contributed by atoms with E-state index in [0.717, 1.165) is 49.6 Å². The molecule has 1 saturated carbocycles. The first-order valence-corrected chi connectivity index (χ1v) is 8.14. The maximum Gasteiger partial charge on any atom is 0.289 e. The van der Waals surface area contributed by atoms with Crippen molar-refractivity contribution in [2.45, 2.75) is 38.2 Å². The first-order valence-electron chi connectivity index (χ1n) is 8.14. The van der Waals surface area contributed by atoms with Crippen molar-refractivity contribution >= 4 is 16.9 Å². The van der Waals surface area contributed by atoms with Crippen molar-refractivity contribution in [2.75, 3.05) is 13.1 Å². The van der Waals surface area contributed by atoms with E-state index < -0.39 is 0 Å². The molecule has 1 aliphatic carbocycles. The van der Waals surface area contributed by atoms with Gasteiger partial charge in [0.05, 0.1) is 6.10 Å². The monoisotopic (exact) mass is 299 g/mol. The summed E-state index contributed by atoms with van der Waals surface area (Å²) in [6, 6.07) is 9.50. The van der Waals surface area contributed by atoms with Crippen LogP contribution >= 0.6 is 0 Å². The molecular formula is C18H21NO3. The van der Waals surface area contributed by atoms with E-state index in [1.54, 1.807) is 0 Å². The molecule has 0 bridgehead atoms. The second-order valence-electron chi connectivity index (χ2n) is 6.75. The Hall–Kier alpha value is -1.81. The highest BCUT2D eigenvalue weighted by molar-refractivity contribution is 5.96. The molecule has 2 aromatic rings. The van der Waals surface area contributed by atoms with Crippen LogP contribution in [0.2, 0.25) is 0 Å². The van der Waals surface area contributed by atoms with Gasteiger partial charge in [0.25, 0.3) is 5.91 Å². The van der Waals surface area contributed by atoms with Gasteiger partial charge in [-0.2, -0.15) is 0 Å². The third-order valence-electron chi connectivity index (χ3n) is 5.39. The smallest absolute Gasteiger partial charge is 0.289 e. The van der Waals surface area contributed by atoms with Crippen molar-refractivity contribution in [3.8, 4) is 0 Å².